The van der Waals surface area contributed by atoms with E-state index in [-0.39, 0.29) is 0 Å². The van der Waals surface area contributed by atoms with Crippen molar-refractivity contribution in [3.63, 3.8) is 0 Å². The van der Waals surface area contributed by atoms with Crippen molar-refractivity contribution in [2.75, 3.05) is 12.0 Å². The van der Waals surface area contributed by atoms with Gasteiger partial charge < -0.3 is 10.8 Å². The molecule has 0 spiro atoms. The highest BCUT2D eigenvalue weighted by Crippen LogP contribution is 1.97. The third-order valence-corrected chi connectivity index (χ3v) is 1.59. The van der Waals surface area contributed by atoms with E-state index in [1.165, 1.54) is 0 Å². The Balaban J connectivity index is 3.27. The predicted octanol–water partition coefficient (Wildman–Crippen LogP) is 0.151. The van der Waals surface area contributed by atoms with Crippen molar-refractivity contribution in [1.29, 1.82) is 0 Å². The van der Waals surface area contributed by atoms with E-state index in [4.69, 9.17) is 10.8 Å². The summed E-state index contributed by atoms with van der Waals surface area (Å²) in [5.41, 5.74) is 5.19. The van der Waals surface area contributed by atoms with E-state index in [2.05, 4.69) is 0 Å². The van der Waals surface area contributed by atoms with Crippen molar-refractivity contribution in [2.45, 2.75) is 12.5 Å². The number of carboxylic acid groups (broad SMARTS) is 1. The first-order chi connectivity index (χ1) is 4.18. The van der Waals surface area contributed by atoms with Gasteiger partial charge in [0.1, 0.15) is 6.04 Å². The van der Waals surface area contributed by atoms with E-state index < -0.39 is 12.0 Å². The predicted molar refractivity (Wildman–Crippen MR) is 38.6 cm³/mol. The number of thioether (sulfide) groups is 1. The third kappa shape index (κ3) is 4.29. The van der Waals surface area contributed by atoms with E-state index in [9.17, 15) is 4.79 Å². The molecule has 3 nitrogen and oxygen atoms in total. The quantitative estimate of drug-likeness (QED) is 0.595. The van der Waals surface area contributed by atoms with Gasteiger partial charge in [-0.1, -0.05) is 0 Å². The summed E-state index contributed by atoms with van der Waals surface area (Å²) in [6.45, 7) is 0. The molecule has 0 radical (unpaired) electrons. The summed E-state index contributed by atoms with van der Waals surface area (Å²) in [4.78, 5) is 10.1. The minimum Gasteiger partial charge on any atom is -0.480 e. The smallest absolute Gasteiger partial charge is 0.320 e. The average Bonchev–Trinajstić information content (AvgIpc) is 1.82. The number of aliphatic carboxylic acids is 1. The van der Waals surface area contributed by atoms with Crippen molar-refractivity contribution >= 4 is 17.7 Å². The van der Waals surface area contributed by atoms with E-state index in [0.717, 1.165) is 5.75 Å². The largest absolute Gasteiger partial charge is 0.480 e. The van der Waals surface area contributed by atoms with Crippen LogP contribution in [-0.2, 0) is 4.79 Å². The minimum absolute atomic E-state index is 0.552. The maximum absolute atomic E-state index is 10.1. The molecule has 0 amide bonds. The standard InChI is InChI=1S/C5H11NO2S/c1-9-3-2-4(6)5(7)8/h4H,2-3,6H2,1H3,(H,7,8)/t4-/m0/s1/i9-1. The van der Waals surface area contributed by atoms with Crippen LogP contribution in [0.15, 0.2) is 0 Å². The molecule has 0 aliphatic heterocycles. The Kier molecular flexibility index (Phi) is 4.53. The molecule has 0 bridgehead atoms. The summed E-state index contributed by atoms with van der Waals surface area (Å²) < 4.78 is 0. The van der Waals surface area contributed by atoms with Crippen molar-refractivity contribution in [1.82, 2.24) is 0 Å². The molecule has 0 aliphatic carbocycles. The van der Waals surface area contributed by atoms with Gasteiger partial charge in [0.2, 0.25) is 0 Å². The highest BCUT2D eigenvalue weighted by Gasteiger charge is 2.08. The first kappa shape index (κ1) is 8.78. The van der Waals surface area contributed by atoms with Gasteiger partial charge in [-0.25, -0.2) is 0 Å². The Morgan fingerprint density at radius 3 is 2.78 bits per heavy atom. The van der Waals surface area contributed by atoms with Gasteiger partial charge in [0.15, 0.2) is 0 Å². The van der Waals surface area contributed by atoms with Crippen molar-refractivity contribution in [2.24, 2.45) is 5.73 Å². The highest BCUT2D eigenvalue weighted by molar-refractivity contribution is 7.98. The van der Waals surface area contributed by atoms with Crippen LogP contribution in [0.5, 0.6) is 0 Å². The Labute approximate surface area is 58.6 Å². The molecule has 0 saturated heterocycles. The second kappa shape index (κ2) is 4.64. The zero-order valence-corrected chi connectivity index (χ0v) is 6.15. The van der Waals surface area contributed by atoms with E-state index in [1.807, 2.05) is 6.26 Å². The van der Waals surface area contributed by atoms with Crippen LogP contribution in [0.25, 0.3) is 0 Å². The summed E-state index contributed by atoms with van der Waals surface area (Å²) in [5, 5.41) is 8.27. The molecule has 0 rings (SSSR count). The third-order valence-electron chi connectivity index (χ3n) is 0.950. The number of nitrogens with two attached hydrogens (primary N) is 1. The molecule has 0 saturated carbocycles. The fourth-order valence-electron chi connectivity index (χ4n) is 0.368. The molecule has 0 aromatic rings. The van der Waals surface area contributed by atoms with Crippen LogP contribution in [0.3, 0.4) is 0 Å². The zero-order chi connectivity index (χ0) is 7.28. The molecule has 0 aliphatic rings. The lowest BCUT2D eigenvalue weighted by Crippen LogP contribution is -2.30. The van der Waals surface area contributed by atoms with E-state index in [1.54, 1.807) is 11.8 Å². The molecule has 9 heavy (non-hydrogen) atoms. The van der Waals surface area contributed by atoms with Crippen molar-refractivity contribution in [3.8, 4) is 0 Å². The molecule has 3 N–H and O–H groups in total. The lowest BCUT2D eigenvalue weighted by Gasteiger charge is -2.02. The SMILES string of the molecule is C[31S]CC[C@H](N)C(=O)O. The highest BCUT2D eigenvalue weighted by atomic mass is 31.1. The fourth-order valence-corrected chi connectivity index (χ4v) is 0.858. The van der Waals surface area contributed by atoms with Crippen LogP contribution in [0.2, 0.25) is 0 Å². The molecule has 4 heteroatoms. The van der Waals surface area contributed by atoms with E-state index in [0.29, 0.717) is 6.42 Å². The lowest BCUT2D eigenvalue weighted by atomic mass is 10.2. The molecule has 54 valence electrons. The van der Waals surface area contributed by atoms with Crippen LogP contribution >= 0.6 is 11.8 Å². The van der Waals surface area contributed by atoms with Gasteiger partial charge in [-0.05, 0) is 18.4 Å². The molecule has 0 aromatic carbocycles. The number of hydrogen-bond acceptors (Lipinski definition) is 3. The van der Waals surface area contributed by atoms with E-state index >= 15 is 0 Å². The lowest BCUT2D eigenvalue weighted by molar-refractivity contribution is -0.138. The Morgan fingerprint density at radius 2 is 2.44 bits per heavy atom. The topological polar surface area (TPSA) is 63.3 Å². The zero-order valence-electron chi connectivity index (χ0n) is 5.33. The van der Waals surface area contributed by atoms with Gasteiger partial charge in [0.05, 0.1) is 0 Å². The van der Waals surface area contributed by atoms with Crippen LogP contribution in [0.1, 0.15) is 6.42 Å². The first-order valence-corrected chi connectivity index (χ1v) is 4.05. The van der Waals surface area contributed by atoms with Gasteiger partial charge in [0, 0.05) is 0 Å². The van der Waals surface area contributed by atoms with Crippen molar-refractivity contribution in [3.05, 3.63) is 0 Å². The fraction of sp³-hybridized carbons (Fsp3) is 0.800. The Bertz CT molecular complexity index is 97.0. The first-order valence-electron chi connectivity index (χ1n) is 2.65. The molecule has 0 fully saturated rings. The second-order valence-corrected chi connectivity index (χ2v) is 2.71. The molecule has 0 heterocycles. The second-order valence-electron chi connectivity index (χ2n) is 1.73. The minimum atomic E-state index is -0.913. The molecular weight excluding hydrogens is 137 g/mol. The Hall–Kier alpha value is -0.220. The number of hydrogen-bond donors (Lipinski definition) is 2. The summed E-state index contributed by atoms with van der Waals surface area (Å²) in [7, 11) is 0. The Morgan fingerprint density at radius 1 is 1.89 bits per heavy atom. The van der Waals surface area contributed by atoms with Crippen LogP contribution in [0.4, 0.5) is 0 Å². The normalized spacial score (nSPS) is 13.1. The molecule has 0 unspecified atom stereocenters. The summed E-state index contributed by atoms with van der Waals surface area (Å²) in [5.74, 6) is -0.1000. The van der Waals surface area contributed by atoms with Gasteiger partial charge in [-0.3, -0.25) is 4.79 Å². The van der Waals surface area contributed by atoms with Crippen LogP contribution in [0, 0.1) is 0 Å². The monoisotopic (exact) mass is 148 g/mol. The van der Waals surface area contributed by atoms with Gasteiger partial charge in [0.25, 0.3) is 0 Å². The molecule has 0 aromatic heterocycles. The summed E-state index contributed by atoms with van der Waals surface area (Å²) >= 11 is 1.60. The maximum atomic E-state index is 10.1. The number of carbonyl (C=O) groups is 1. The van der Waals surface area contributed by atoms with Gasteiger partial charge in [-0.2, -0.15) is 11.8 Å². The summed E-state index contributed by atoms with van der Waals surface area (Å²) in [6, 6.07) is -0.683. The average molecular weight is 148 g/mol. The molecular formula is C5H11NO2S. The van der Waals surface area contributed by atoms with Gasteiger partial charge >= 0.3 is 5.97 Å². The van der Waals surface area contributed by atoms with Gasteiger partial charge in [-0.15, -0.1) is 0 Å². The molecule has 1 atom stereocenters. The number of carboxylic acids is 1. The maximum Gasteiger partial charge on any atom is 0.320 e. The van der Waals surface area contributed by atoms with Crippen molar-refractivity contribution < 1.29 is 9.90 Å². The summed E-state index contributed by atoms with van der Waals surface area (Å²) in [6.07, 6.45) is 2.48. The number of rotatable bonds is 4. The van der Waals surface area contributed by atoms with Crippen LogP contribution < -0.4 is 5.73 Å². The van der Waals surface area contributed by atoms with Crippen LogP contribution in [-0.4, -0.2) is 29.1 Å².